The van der Waals surface area contributed by atoms with E-state index in [1.165, 1.54) is 45.0 Å². The fourth-order valence-electron chi connectivity index (χ4n) is 10.3. The van der Waals surface area contributed by atoms with Gasteiger partial charge in [0.2, 0.25) is 0 Å². The van der Waals surface area contributed by atoms with Gasteiger partial charge in [-0.1, -0.05) is 161 Å². The highest BCUT2D eigenvalue weighted by atomic mass is 15.2. The lowest BCUT2D eigenvalue weighted by Gasteiger charge is -2.45. The number of rotatable bonds is 4. The molecule has 0 aliphatic carbocycles. The van der Waals surface area contributed by atoms with Crippen LogP contribution in [0.1, 0.15) is 49.9 Å². The van der Waals surface area contributed by atoms with Gasteiger partial charge >= 0.3 is 0 Å². The van der Waals surface area contributed by atoms with Gasteiger partial charge in [-0.05, 0) is 58.7 Å². The smallest absolute Gasteiger partial charge is 0.182 e. The maximum absolute atomic E-state index is 5.16. The summed E-state index contributed by atoms with van der Waals surface area (Å²) in [5.41, 5.74) is 19.4. The normalized spacial score (nSPS) is 14.9. The molecule has 10 aromatic rings. The molecular formula is C54H42N6. The molecule has 0 radical (unpaired) electrons. The maximum atomic E-state index is 5.16. The lowest BCUT2D eigenvalue weighted by molar-refractivity contribution is 0.630. The molecule has 7 aromatic carbocycles. The Morgan fingerprint density at radius 2 is 0.650 bits per heavy atom. The van der Waals surface area contributed by atoms with Gasteiger partial charge < -0.3 is 9.80 Å². The standard InChI is InChI=1S/C54H42N6/c1-53(2)37-23-11-15-27-41(37)57(42-28-16-12-24-38(42)53)45-31-47-48(32-46(45)58-43-29-17-13-25-39(43)54(3,4)40-26-14-18-30-44(40)58)60-50(36-21-9-6-10-22-36)34-56-52(60)51-55-33-49(59(47)51)35-19-7-5-8-20-35/h5-34H,1-4H3. The summed E-state index contributed by atoms with van der Waals surface area (Å²) in [5, 5.41) is 0. The number of hydrogen-bond acceptors (Lipinski definition) is 4. The van der Waals surface area contributed by atoms with Crippen LogP contribution in [0.3, 0.4) is 0 Å². The van der Waals surface area contributed by atoms with Crippen molar-refractivity contribution in [2.24, 2.45) is 0 Å². The molecule has 2 aliphatic heterocycles. The molecule has 0 saturated heterocycles. The zero-order valence-corrected chi connectivity index (χ0v) is 34.0. The highest BCUT2D eigenvalue weighted by Gasteiger charge is 2.41. The average Bonchev–Trinajstić information content (AvgIpc) is 3.94. The molecule has 288 valence electrons. The predicted molar refractivity (Wildman–Crippen MR) is 246 cm³/mol. The SMILES string of the molecule is CC1(C)c2ccccc2N(c2cc3c(cc2N2c4ccccc4C(C)(C)c4ccccc42)n2c(-c4ccccc4)cnc2c2ncc(-c4ccccc4)n32)c2ccccc21. The van der Waals surface area contributed by atoms with Gasteiger partial charge in [-0.15, -0.1) is 0 Å². The number of anilines is 6. The Morgan fingerprint density at radius 1 is 0.350 bits per heavy atom. The molecule has 0 saturated carbocycles. The van der Waals surface area contributed by atoms with E-state index in [0.717, 1.165) is 56.2 Å². The van der Waals surface area contributed by atoms with Crippen molar-refractivity contribution in [2.45, 2.75) is 38.5 Å². The van der Waals surface area contributed by atoms with Crippen LogP contribution in [0.15, 0.2) is 182 Å². The Morgan fingerprint density at radius 3 is 0.983 bits per heavy atom. The third-order valence-corrected chi connectivity index (χ3v) is 13.2. The highest BCUT2D eigenvalue weighted by molar-refractivity contribution is 6.04. The van der Waals surface area contributed by atoms with Crippen LogP contribution in [0, 0.1) is 0 Å². The molecule has 5 heterocycles. The summed E-state index contributed by atoms with van der Waals surface area (Å²) in [6, 6.07) is 61.8. The van der Waals surface area contributed by atoms with E-state index >= 15 is 0 Å². The van der Waals surface area contributed by atoms with Gasteiger partial charge in [0.05, 0.1) is 68.9 Å². The van der Waals surface area contributed by atoms with Gasteiger partial charge in [-0.3, -0.25) is 8.80 Å². The third-order valence-electron chi connectivity index (χ3n) is 13.2. The van der Waals surface area contributed by atoms with Gasteiger partial charge in [-0.2, -0.15) is 0 Å². The Labute approximate surface area is 349 Å². The number of fused-ring (bicyclic) bond motifs is 10. The molecule has 0 amide bonds. The predicted octanol–water partition coefficient (Wildman–Crippen LogP) is 13.7. The van der Waals surface area contributed by atoms with E-state index in [1.807, 2.05) is 12.4 Å². The van der Waals surface area contributed by atoms with Gasteiger partial charge in [0.15, 0.2) is 11.3 Å². The lowest BCUT2D eigenvalue weighted by Crippen LogP contribution is -2.33. The quantitative estimate of drug-likeness (QED) is 0.179. The first kappa shape index (κ1) is 34.6. The Bertz CT molecular complexity index is 3010. The molecule has 2 aliphatic rings. The minimum Gasteiger partial charge on any atom is -0.308 e. The second-order valence-corrected chi connectivity index (χ2v) is 17.2. The molecule has 3 aromatic heterocycles. The minimum absolute atomic E-state index is 0.222. The van der Waals surface area contributed by atoms with Crippen molar-refractivity contribution < 1.29 is 0 Å². The molecular weight excluding hydrogens is 733 g/mol. The molecule has 0 N–H and O–H groups in total. The summed E-state index contributed by atoms with van der Waals surface area (Å²) in [5.74, 6) is 0. The van der Waals surface area contributed by atoms with Crippen LogP contribution >= 0.6 is 0 Å². The van der Waals surface area contributed by atoms with E-state index < -0.39 is 0 Å². The molecule has 0 atom stereocenters. The van der Waals surface area contributed by atoms with Crippen LogP contribution in [0.4, 0.5) is 34.1 Å². The molecule has 0 bridgehead atoms. The van der Waals surface area contributed by atoms with Crippen molar-refractivity contribution in [3.8, 4) is 22.5 Å². The second-order valence-electron chi connectivity index (χ2n) is 17.2. The van der Waals surface area contributed by atoms with Crippen molar-refractivity contribution in [1.82, 2.24) is 18.8 Å². The zero-order valence-electron chi connectivity index (χ0n) is 34.0. The molecule has 12 rings (SSSR count). The summed E-state index contributed by atoms with van der Waals surface area (Å²) in [7, 11) is 0. The first-order chi connectivity index (χ1) is 29.3. The van der Waals surface area contributed by atoms with E-state index in [2.05, 4.69) is 216 Å². The van der Waals surface area contributed by atoms with Crippen molar-refractivity contribution in [3.05, 3.63) is 205 Å². The molecule has 60 heavy (non-hydrogen) atoms. The molecule has 0 fully saturated rings. The molecule has 0 unspecified atom stereocenters. The summed E-state index contributed by atoms with van der Waals surface area (Å²) >= 11 is 0. The molecule has 6 nitrogen and oxygen atoms in total. The van der Waals surface area contributed by atoms with Crippen LogP contribution in [-0.2, 0) is 10.8 Å². The monoisotopic (exact) mass is 774 g/mol. The van der Waals surface area contributed by atoms with Crippen LogP contribution < -0.4 is 9.80 Å². The lowest BCUT2D eigenvalue weighted by atomic mass is 9.73. The fourth-order valence-corrected chi connectivity index (χ4v) is 10.3. The maximum Gasteiger partial charge on any atom is 0.182 e. The van der Waals surface area contributed by atoms with E-state index in [4.69, 9.17) is 9.97 Å². The summed E-state index contributed by atoms with van der Waals surface area (Å²) in [6.45, 7) is 9.41. The fraction of sp³-hybridized carbons (Fsp3) is 0.111. The number of para-hydroxylation sites is 4. The van der Waals surface area contributed by atoms with E-state index in [1.54, 1.807) is 0 Å². The number of nitrogens with zero attached hydrogens (tertiary/aromatic N) is 6. The van der Waals surface area contributed by atoms with Crippen molar-refractivity contribution in [2.75, 3.05) is 9.80 Å². The highest BCUT2D eigenvalue weighted by Crippen LogP contribution is 2.58. The second kappa shape index (κ2) is 12.5. The number of aromatic nitrogens is 4. The van der Waals surface area contributed by atoms with Crippen molar-refractivity contribution >= 4 is 56.5 Å². The van der Waals surface area contributed by atoms with Crippen molar-refractivity contribution in [1.29, 1.82) is 0 Å². The summed E-state index contributed by atoms with van der Waals surface area (Å²) in [6.07, 6.45) is 4.00. The average molecular weight is 775 g/mol. The third kappa shape index (κ3) is 4.70. The summed E-state index contributed by atoms with van der Waals surface area (Å²) in [4.78, 5) is 15.3. The molecule has 6 heteroatoms. The van der Waals surface area contributed by atoms with Crippen molar-refractivity contribution in [3.63, 3.8) is 0 Å². The molecule has 0 spiro atoms. The van der Waals surface area contributed by atoms with Gasteiger partial charge in [0.25, 0.3) is 0 Å². The van der Waals surface area contributed by atoms with E-state index in [9.17, 15) is 0 Å². The minimum atomic E-state index is -0.222. The van der Waals surface area contributed by atoms with Crippen LogP contribution in [0.2, 0.25) is 0 Å². The van der Waals surface area contributed by atoms with E-state index in [-0.39, 0.29) is 10.8 Å². The first-order valence-electron chi connectivity index (χ1n) is 20.8. The number of benzene rings is 7. The van der Waals surface area contributed by atoms with Crippen LogP contribution in [0.5, 0.6) is 0 Å². The first-order valence-corrected chi connectivity index (χ1v) is 20.8. The largest absolute Gasteiger partial charge is 0.308 e. The number of imidazole rings is 2. The topological polar surface area (TPSA) is 41.1 Å². The van der Waals surface area contributed by atoms with Gasteiger partial charge in [0.1, 0.15) is 0 Å². The van der Waals surface area contributed by atoms with E-state index in [0.29, 0.717) is 0 Å². The van der Waals surface area contributed by atoms with Crippen LogP contribution in [0.25, 0.3) is 44.8 Å². The Balaban J connectivity index is 1.30. The van der Waals surface area contributed by atoms with Gasteiger partial charge in [0, 0.05) is 22.0 Å². The van der Waals surface area contributed by atoms with Gasteiger partial charge in [-0.25, -0.2) is 9.97 Å². The Kier molecular flexibility index (Phi) is 7.22. The zero-order chi connectivity index (χ0) is 40.3. The number of hydrogen-bond donors (Lipinski definition) is 0. The Hall–Kier alpha value is -7.44. The summed E-state index contributed by atoms with van der Waals surface area (Å²) < 4.78 is 4.64. The van der Waals surface area contributed by atoms with Crippen LogP contribution in [-0.4, -0.2) is 18.8 Å².